The van der Waals surface area contributed by atoms with E-state index in [4.69, 9.17) is 0 Å². The van der Waals surface area contributed by atoms with Gasteiger partial charge in [-0.15, -0.1) is 0 Å². The van der Waals surface area contributed by atoms with Crippen LogP contribution in [0.15, 0.2) is 121 Å². The molecule has 0 saturated heterocycles. The van der Waals surface area contributed by atoms with Crippen molar-refractivity contribution < 1.29 is 9.59 Å². The Morgan fingerprint density at radius 1 is 0.692 bits per heavy atom. The molecular formula is C35H38N2O2. The monoisotopic (exact) mass is 518 g/mol. The van der Waals surface area contributed by atoms with Gasteiger partial charge in [0.25, 0.3) is 0 Å². The molecule has 4 aromatic carbocycles. The molecule has 4 nitrogen and oxygen atoms in total. The summed E-state index contributed by atoms with van der Waals surface area (Å²) in [7, 11) is 0. The number of benzene rings is 4. The molecule has 0 fully saturated rings. The zero-order valence-electron chi connectivity index (χ0n) is 22.7. The van der Waals surface area contributed by atoms with Gasteiger partial charge in [0.2, 0.25) is 11.8 Å². The molecule has 2 amide bonds. The second-order valence-corrected chi connectivity index (χ2v) is 9.94. The van der Waals surface area contributed by atoms with Gasteiger partial charge in [0.1, 0.15) is 6.04 Å². The third-order valence-corrected chi connectivity index (χ3v) is 7.08. The van der Waals surface area contributed by atoms with Gasteiger partial charge in [-0.05, 0) is 28.7 Å². The van der Waals surface area contributed by atoms with Crippen LogP contribution < -0.4 is 5.32 Å². The summed E-state index contributed by atoms with van der Waals surface area (Å²) in [6.45, 7) is 3.07. The van der Waals surface area contributed by atoms with Crippen LogP contribution >= 0.6 is 0 Å². The topological polar surface area (TPSA) is 49.4 Å². The molecular weight excluding hydrogens is 480 g/mol. The molecule has 0 unspecified atom stereocenters. The summed E-state index contributed by atoms with van der Waals surface area (Å²) >= 11 is 0. The Balaban J connectivity index is 1.69. The molecule has 0 bridgehead atoms. The summed E-state index contributed by atoms with van der Waals surface area (Å²) < 4.78 is 0. The Labute approximate surface area is 232 Å². The van der Waals surface area contributed by atoms with Crippen LogP contribution in [-0.4, -0.2) is 29.3 Å². The van der Waals surface area contributed by atoms with Crippen LogP contribution in [0.2, 0.25) is 0 Å². The van der Waals surface area contributed by atoms with Crippen LogP contribution in [0, 0.1) is 0 Å². The van der Waals surface area contributed by atoms with Gasteiger partial charge in [0, 0.05) is 31.8 Å². The molecule has 1 atom stereocenters. The van der Waals surface area contributed by atoms with Gasteiger partial charge in [-0.2, -0.15) is 0 Å². The highest BCUT2D eigenvalue weighted by atomic mass is 16.2. The van der Waals surface area contributed by atoms with Crippen molar-refractivity contribution in [1.29, 1.82) is 0 Å². The van der Waals surface area contributed by atoms with Gasteiger partial charge in [0.05, 0.1) is 0 Å². The fraction of sp³-hybridized carbons (Fsp3) is 0.257. The highest BCUT2D eigenvalue weighted by molar-refractivity contribution is 5.88. The largest absolute Gasteiger partial charge is 0.354 e. The van der Waals surface area contributed by atoms with E-state index in [1.807, 2.05) is 97.1 Å². The Hall–Kier alpha value is -4.18. The number of nitrogens with one attached hydrogen (secondary N) is 1. The number of carbonyl (C=O) groups excluding carboxylic acids is 2. The van der Waals surface area contributed by atoms with Crippen LogP contribution in [0.5, 0.6) is 0 Å². The van der Waals surface area contributed by atoms with E-state index >= 15 is 0 Å². The first kappa shape index (κ1) is 27.8. The first-order valence-electron chi connectivity index (χ1n) is 13.9. The second-order valence-electron chi connectivity index (χ2n) is 9.94. The maximum atomic E-state index is 14.3. The molecule has 0 spiro atoms. The van der Waals surface area contributed by atoms with Gasteiger partial charge in [-0.25, -0.2) is 0 Å². The highest BCUT2D eigenvalue weighted by Crippen LogP contribution is 2.29. The third kappa shape index (κ3) is 8.15. The zero-order chi connectivity index (χ0) is 27.3. The number of unbranched alkanes of at least 4 members (excludes halogenated alkanes) is 1. The Morgan fingerprint density at radius 3 is 1.69 bits per heavy atom. The maximum Gasteiger partial charge on any atom is 0.243 e. The van der Waals surface area contributed by atoms with Crippen molar-refractivity contribution in [3.05, 3.63) is 144 Å². The van der Waals surface area contributed by atoms with E-state index in [0.717, 1.165) is 35.1 Å². The van der Waals surface area contributed by atoms with E-state index in [0.29, 0.717) is 19.5 Å². The first-order valence-corrected chi connectivity index (χ1v) is 13.9. The van der Waals surface area contributed by atoms with E-state index in [1.54, 1.807) is 4.90 Å². The van der Waals surface area contributed by atoms with Gasteiger partial charge in [0.15, 0.2) is 0 Å². The third-order valence-electron chi connectivity index (χ3n) is 7.08. The number of hydrogen-bond donors (Lipinski definition) is 1. The molecule has 0 heterocycles. The van der Waals surface area contributed by atoms with E-state index in [2.05, 4.69) is 36.5 Å². The quantitative estimate of drug-likeness (QED) is 0.199. The van der Waals surface area contributed by atoms with E-state index < -0.39 is 6.04 Å². The number of amides is 2. The minimum absolute atomic E-state index is 0.0388. The van der Waals surface area contributed by atoms with Gasteiger partial charge in [-0.1, -0.05) is 135 Å². The van der Waals surface area contributed by atoms with Crippen LogP contribution in [0.25, 0.3) is 0 Å². The Bertz CT molecular complexity index is 1240. The highest BCUT2D eigenvalue weighted by Gasteiger charge is 2.32. The predicted molar refractivity (Wildman–Crippen MR) is 158 cm³/mol. The molecule has 4 rings (SSSR count). The lowest BCUT2D eigenvalue weighted by atomic mass is 9.87. The van der Waals surface area contributed by atoms with Crippen molar-refractivity contribution in [1.82, 2.24) is 10.2 Å². The predicted octanol–water partition coefficient (Wildman–Crippen LogP) is 6.77. The number of carbonyl (C=O) groups is 2. The van der Waals surface area contributed by atoms with Crippen LogP contribution in [0.3, 0.4) is 0 Å². The standard InChI is InChI=1S/C35H38N2O2/c1-2-3-24-36-35(39)33(25-28-16-8-4-9-17-28)37(27-29-18-10-5-11-19-29)34(38)26-32(30-20-12-6-13-21-30)31-22-14-7-15-23-31/h4-23,32-33H,2-3,24-27H2,1H3,(H,36,39)/t33-/m1/s1. The number of hydrogen-bond acceptors (Lipinski definition) is 2. The van der Waals surface area contributed by atoms with E-state index in [1.165, 1.54) is 0 Å². The average molecular weight is 519 g/mol. The fourth-order valence-electron chi connectivity index (χ4n) is 4.93. The van der Waals surface area contributed by atoms with Gasteiger partial charge in [-0.3, -0.25) is 9.59 Å². The summed E-state index contributed by atoms with van der Waals surface area (Å²) in [6.07, 6.45) is 2.62. The SMILES string of the molecule is CCCCNC(=O)[C@@H](Cc1ccccc1)N(Cc1ccccc1)C(=O)CC(c1ccccc1)c1ccccc1. The van der Waals surface area contributed by atoms with Gasteiger partial charge < -0.3 is 10.2 Å². The van der Waals surface area contributed by atoms with Crippen molar-refractivity contribution in [3.63, 3.8) is 0 Å². The van der Waals surface area contributed by atoms with Gasteiger partial charge >= 0.3 is 0 Å². The molecule has 4 aromatic rings. The van der Waals surface area contributed by atoms with E-state index in [-0.39, 0.29) is 24.2 Å². The average Bonchev–Trinajstić information content (AvgIpc) is 2.99. The summed E-state index contributed by atoms with van der Waals surface area (Å²) in [5, 5.41) is 3.11. The lowest BCUT2D eigenvalue weighted by molar-refractivity contribution is -0.141. The zero-order valence-corrected chi connectivity index (χ0v) is 22.7. The van der Waals surface area contributed by atoms with Crippen molar-refractivity contribution in [2.24, 2.45) is 0 Å². The number of nitrogens with zero attached hydrogens (tertiary/aromatic N) is 1. The van der Waals surface area contributed by atoms with E-state index in [9.17, 15) is 9.59 Å². The smallest absolute Gasteiger partial charge is 0.243 e. The van der Waals surface area contributed by atoms with Crippen molar-refractivity contribution >= 4 is 11.8 Å². The van der Waals surface area contributed by atoms with Crippen LogP contribution in [0.1, 0.15) is 54.4 Å². The molecule has 0 aromatic heterocycles. The molecule has 0 saturated carbocycles. The fourth-order valence-corrected chi connectivity index (χ4v) is 4.93. The molecule has 0 radical (unpaired) electrons. The second kappa shape index (κ2) is 14.7. The normalized spacial score (nSPS) is 11.6. The minimum Gasteiger partial charge on any atom is -0.354 e. The summed E-state index contributed by atoms with van der Waals surface area (Å²) in [5.41, 5.74) is 4.20. The molecule has 39 heavy (non-hydrogen) atoms. The molecule has 0 aliphatic carbocycles. The van der Waals surface area contributed by atoms with Crippen LogP contribution in [-0.2, 0) is 22.6 Å². The van der Waals surface area contributed by atoms with Crippen molar-refractivity contribution in [3.8, 4) is 0 Å². The molecule has 0 aliphatic heterocycles. The van der Waals surface area contributed by atoms with Crippen molar-refractivity contribution in [2.45, 2.75) is 51.1 Å². The Morgan fingerprint density at radius 2 is 1.18 bits per heavy atom. The lowest BCUT2D eigenvalue weighted by Gasteiger charge is -2.33. The lowest BCUT2D eigenvalue weighted by Crippen LogP contribution is -2.51. The maximum absolute atomic E-state index is 14.3. The number of rotatable bonds is 13. The molecule has 4 heteroatoms. The summed E-state index contributed by atoms with van der Waals surface area (Å²) in [4.78, 5) is 29.8. The summed E-state index contributed by atoms with van der Waals surface area (Å²) in [6, 6.07) is 39.6. The van der Waals surface area contributed by atoms with Crippen LogP contribution in [0.4, 0.5) is 0 Å². The molecule has 1 N–H and O–H groups in total. The Kier molecular flexibility index (Phi) is 10.5. The summed E-state index contributed by atoms with van der Waals surface area (Å²) in [5.74, 6) is -0.255. The first-order chi connectivity index (χ1) is 19.2. The molecule has 200 valence electrons. The minimum atomic E-state index is -0.621. The van der Waals surface area contributed by atoms with Crippen molar-refractivity contribution in [2.75, 3.05) is 6.54 Å². The molecule has 0 aliphatic rings.